The Labute approximate surface area is 183 Å². The highest BCUT2D eigenvalue weighted by Crippen LogP contribution is 2.31. The maximum atomic E-state index is 12.5. The highest BCUT2D eigenvalue weighted by molar-refractivity contribution is 5.89. The van der Waals surface area contributed by atoms with Crippen LogP contribution >= 0.6 is 0 Å². The third kappa shape index (κ3) is 6.75. The second-order valence-electron chi connectivity index (χ2n) is 7.25. The zero-order valence-corrected chi connectivity index (χ0v) is 18.4. The maximum absolute atomic E-state index is 12.5. The molecule has 2 aromatic rings. The fraction of sp³-hybridized carbons (Fsp3) is 0.478. The lowest BCUT2D eigenvalue weighted by atomic mass is 10.2. The summed E-state index contributed by atoms with van der Waals surface area (Å²) >= 11 is 0. The first-order valence-electron chi connectivity index (χ1n) is 10.9. The summed E-state index contributed by atoms with van der Waals surface area (Å²) in [7, 11) is 0. The van der Waals surface area contributed by atoms with Crippen molar-refractivity contribution in [2.75, 3.05) is 49.7 Å². The Bertz CT molecular complexity index is 840. The average molecular weight is 429 g/mol. The number of amides is 2. The number of hydrogen-bond acceptors (Lipinski definition) is 6. The number of nitrogens with one attached hydrogen (secondary N) is 2. The normalized spacial score (nSPS) is 13.5. The zero-order valence-electron chi connectivity index (χ0n) is 18.4. The molecule has 0 bridgehead atoms. The second-order valence-corrected chi connectivity index (χ2v) is 7.25. The molecule has 1 aliphatic heterocycles. The topological polar surface area (TPSA) is 85.0 Å². The van der Waals surface area contributed by atoms with Crippen LogP contribution < -0.4 is 25.0 Å². The third-order valence-electron chi connectivity index (χ3n) is 4.74. The smallest absolute Gasteiger partial charge is 0.319 e. The number of rotatable bonds is 10. The van der Waals surface area contributed by atoms with Crippen molar-refractivity contribution < 1.29 is 19.0 Å². The maximum Gasteiger partial charge on any atom is 0.319 e. The van der Waals surface area contributed by atoms with Crippen LogP contribution in [0, 0.1) is 0 Å². The first-order chi connectivity index (χ1) is 15.2. The fourth-order valence-corrected chi connectivity index (χ4v) is 3.22. The molecule has 31 heavy (non-hydrogen) atoms. The number of anilines is 2. The van der Waals surface area contributed by atoms with Gasteiger partial charge in [-0.15, -0.1) is 0 Å². The van der Waals surface area contributed by atoms with Gasteiger partial charge >= 0.3 is 6.03 Å². The number of aromatic nitrogens is 1. The minimum absolute atomic E-state index is 0.291. The number of hydrogen-bond donors (Lipinski definition) is 2. The molecule has 1 aliphatic rings. The quantitative estimate of drug-likeness (QED) is 0.599. The van der Waals surface area contributed by atoms with Crippen LogP contribution in [0.25, 0.3) is 0 Å². The molecule has 1 aromatic heterocycles. The third-order valence-corrected chi connectivity index (χ3v) is 4.74. The number of nitrogens with zero attached hydrogens (tertiary/aromatic N) is 2. The van der Waals surface area contributed by atoms with Crippen molar-refractivity contribution >= 4 is 17.5 Å². The van der Waals surface area contributed by atoms with E-state index in [1.165, 1.54) is 0 Å². The Balaban J connectivity index is 1.61. The summed E-state index contributed by atoms with van der Waals surface area (Å²) in [6.07, 6.45) is 3.58. The minimum Gasteiger partial charge on any atom is -0.490 e. The molecule has 0 atom stereocenters. The fourth-order valence-electron chi connectivity index (χ4n) is 3.22. The zero-order chi connectivity index (χ0) is 21.9. The number of ether oxygens (including phenoxy) is 3. The van der Waals surface area contributed by atoms with E-state index in [1.807, 2.05) is 31.2 Å². The summed E-state index contributed by atoms with van der Waals surface area (Å²) in [5.74, 6) is 2.21. The van der Waals surface area contributed by atoms with Gasteiger partial charge in [0.15, 0.2) is 11.5 Å². The number of carbonyl (C=O) groups excluding carboxylic acids is 1. The largest absolute Gasteiger partial charge is 0.490 e. The van der Waals surface area contributed by atoms with Gasteiger partial charge in [-0.1, -0.05) is 19.9 Å². The predicted octanol–water partition coefficient (Wildman–Crippen LogP) is 3.82. The second kappa shape index (κ2) is 12.0. The first kappa shape index (κ1) is 22.7. The van der Waals surface area contributed by atoms with Crippen molar-refractivity contribution in [2.24, 2.45) is 0 Å². The number of pyridine rings is 1. The van der Waals surface area contributed by atoms with Crippen molar-refractivity contribution in [3.63, 3.8) is 0 Å². The molecule has 1 saturated heterocycles. The van der Waals surface area contributed by atoms with Gasteiger partial charge in [0, 0.05) is 43.1 Å². The molecule has 2 amide bonds. The molecule has 0 radical (unpaired) electrons. The monoisotopic (exact) mass is 428 g/mol. The van der Waals surface area contributed by atoms with Crippen LogP contribution in [0.15, 0.2) is 36.5 Å². The molecule has 0 saturated carbocycles. The Morgan fingerprint density at radius 3 is 2.58 bits per heavy atom. The van der Waals surface area contributed by atoms with Gasteiger partial charge in [0.05, 0.1) is 26.4 Å². The van der Waals surface area contributed by atoms with Crippen molar-refractivity contribution in [2.45, 2.75) is 33.2 Å². The van der Waals surface area contributed by atoms with E-state index < -0.39 is 0 Å². The van der Waals surface area contributed by atoms with Crippen molar-refractivity contribution in [1.29, 1.82) is 0 Å². The lowest BCUT2D eigenvalue weighted by Gasteiger charge is -2.29. The molecule has 1 aromatic carbocycles. The van der Waals surface area contributed by atoms with Crippen LogP contribution in [0.2, 0.25) is 0 Å². The standard InChI is InChI=1S/C23H32N4O4/c1-3-12-30-20-8-7-19(16-21(20)31-13-4-2)26-23(28)25-17-18-6-5-9-24-22(18)27-10-14-29-15-11-27/h5-9,16H,3-4,10-15,17H2,1-2H3,(H2,25,26,28). The SMILES string of the molecule is CCCOc1ccc(NC(=O)NCc2cccnc2N2CCOCC2)cc1OCCC. The van der Waals surface area contributed by atoms with Crippen LogP contribution in [0.4, 0.5) is 16.3 Å². The van der Waals surface area contributed by atoms with Crippen LogP contribution in [0.5, 0.6) is 11.5 Å². The molecule has 8 heteroatoms. The van der Waals surface area contributed by atoms with Gasteiger partial charge in [-0.25, -0.2) is 9.78 Å². The number of urea groups is 1. The predicted molar refractivity (Wildman–Crippen MR) is 121 cm³/mol. The molecule has 0 unspecified atom stereocenters. The summed E-state index contributed by atoms with van der Waals surface area (Å²) in [6, 6.07) is 9.00. The van der Waals surface area contributed by atoms with Gasteiger partial charge in [-0.05, 0) is 31.0 Å². The average Bonchev–Trinajstić information content (AvgIpc) is 2.81. The highest BCUT2D eigenvalue weighted by atomic mass is 16.5. The molecule has 3 rings (SSSR count). The summed E-state index contributed by atoms with van der Waals surface area (Å²) in [6.45, 7) is 8.64. The van der Waals surface area contributed by atoms with E-state index in [9.17, 15) is 4.79 Å². The van der Waals surface area contributed by atoms with E-state index in [2.05, 4.69) is 27.4 Å². The van der Waals surface area contributed by atoms with E-state index >= 15 is 0 Å². The molecule has 0 spiro atoms. The summed E-state index contributed by atoms with van der Waals surface area (Å²) in [5, 5.41) is 5.79. The lowest BCUT2D eigenvalue weighted by Crippen LogP contribution is -2.38. The molecular weight excluding hydrogens is 396 g/mol. The number of morpholine rings is 1. The van der Waals surface area contributed by atoms with E-state index in [1.54, 1.807) is 12.3 Å². The highest BCUT2D eigenvalue weighted by Gasteiger charge is 2.16. The van der Waals surface area contributed by atoms with Crippen LogP contribution in [-0.4, -0.2) is 50.5 Å². The van der Waals surface area contributed by atoms with E-state index in [0.717, 1.165) is 37.3 Å². The van der Waals surface area contributed by atoms with Gasteiger partial charge in [-0.2, -0.15) is 0 Å². The van der Waals surface area contributed by atoms with Gasteiger partial charge < -0.3 is 29.7 Å². The van der Waals surface area contributed by atoms with E-state index in [-0.39, 0.29) is 6.03 Å². The van der Waals surface area contributed by atoms with Gasteiger partial charge in [0.2, 0.25) is 0 Å². The van der Waals surface area contributed by atoms with Gasteiger partial charge in [0.25, 0.3) is 0 Å². The summed E-state index contributed by atoms with van der Waals surface area (Å²) in [5.41, 5.74) is 1.61. The number of carbonyl (C=O) groups is 1. The van der Waals surface area contributed by atoms with Crippen molar-refractivity contribution in [3.05, 3.63) is 42.1 Å². The molecule has 1 fully saturated rings. The Morgan fingerprint density at radius 2 is 1.84 bits per heavy atom. The molecule has 2 heterocycles. The molecule has 2 N–H and O–H groups in total. The molecule has 0 aliphatic carbocycles. The Kier molecular flexibility index (Phi) is 8.78. The molecule has 168 valence electrons. The van der Waals surface area contributed by atoms with Crippen LogP contribution in [0.1, 0.15) is 32.3 Å². The van der Waals surface area contributed by atoms with Gasteiger partial charge in [-0.3, -0.25) is 0 Å². The number of benzene rings is 1. The summed E-state index contributed by atoms with van der Waals surface area (Å²) < 4.78 is 17.0. The Morgan fingerprint density at radius 1 is 1.10 bits per heavy atom. The molecular formula is C23H32N4O4. The van der Waals surface area contributed by atoms with Crippen LogP contribution in [0.3, 0.4) is 0 Å². The van der Waals surface area contributed by atoms with Crippen molar-refractivity contribution in [3.8, 4) is 11.5 Å². The van der Waals surface area contributed by atoms with Gasteiger partial charge in [0.1, 0.15) is 5.82 Å². The Hall–Kier alpha value is -3.00. The van der Waals surface area contributed by atoms with E-state index in [0.29, 0.717) is 50.2 Å². The van der Waals surface area contributed by atoms with Crippen LogP contribution in [-0.2, 0) is 11.3 Å². The minimum atomic E-state index is -0.291. The molecule has 8 nitrogen and oxygen atoms in total. The van der Waals surface area contributed by atoms with Crippen molar-refractivity contribution in [1.82, 2.24) is 10.3 Å². The summed E-state index contributed by atoms with van der Waals surface area (Å²) in [4.78, 5) is 19.2. The lowest BCUT2D eigenvalue weighted by molar-refractivity contribution is 0.122. The first-order valence-corrected chi connectivity index (χ1v) is 10.9. The van der Waals surface area contributed by atoms with E-state index in [4.69, 9.17) is 14.2 Å².